The summed E-state index contributed by atoms with van der Waals surface area (Å²) in [6, 6.07) is 0. The first-order chi connectivity index (χ1) is 7.65. The van der Waals surface area contributed by atoms with Crippen molar-refractivity contribution in [1.29, 1.82) is 0 Å². The van der Waals surface area contributed by atoms with Crippen LogP contribution in [-0.4, -0.2) is 30.3 Å². The van der Waals surface area contributed by atoms with Gasteiger partial charge in [-0.05, 0) is 6.42 Å². The molecule has 0 aliphatic carbocycles. The van der Waals surface area contributed by atoms with E-state index in [2.05, 4.69) is 10.1 Å². The smallest absolute Gasteiger partial charge is 0.306 e. The molecular weight excluding hydrogens is 232 g/mol. The third-order valence-corrected chi connectivity index (χ3v) is 3.29. The zero-order valence-electron chi connectivity index (χ0n) is 9.02. The van der Waals surface area contributed by atoms with E-state index in [1.807, 2.05) is 0 Å². The number of nitrogens with zero attached hydrogens (tertiary/aromatic N) is 1. The summed E-state index contributed by atoms with van der Waals surface area (Å²) in [5.41, 5.74) is 0.0788. The molecule has 0 aromatic carbocycles. The predicted molar refractivity (Wildman–Crippen MR) is 60.3 cm³/mol. The minimum absolute atomic E-state index is 0.0402. The summed E-state index contributed by atoms with van der Waals surface area (Å²) in [5, 5.41) is 14.4. The van der Waals surface area contributed by atoms with E-state index in [4.69, 9.17) is 0 Å². The number of carbonyl (C=O) groups is 1. The number of rotatable bonds is 4. The summed E-state index contributed by atoms with van der Waals surface area (Å²) in [4.78, 5) is 21.3. The minimum atomic E-state index is -0.430. The fourth-order valence-corrected chi connectivity index (χ4v) is 2.34. The Labute approximate surface area is 97.6 Å². The monoisotopic (exact) mass is 246 g/mol. The van der Waals surface area contributed by atoms with E-state index in [1.54, 1.807) is 0 Å². The Kier molecular flexibility index (Phi) is 5.10. The number of nitrogens with one attached hydrogen (secondary N) is 1. The molecule has 0 radical (unpaired) electrons. The fraction of sp³-hybridized carbons (Fsp3) is 0.667. The van der Waals surface area contributed by atoms with Gasteiger partial charge in [0.25, 0.3) is 5.70 Å². The Balaban J connectivity index is 2.66. The molecule has 0 aromatic heterocycles. The first-order valence-electron chi connectivity index (χ1n) is 4.96. The molecule has 1 saturated heterocycles. The summed E-state index contributed by atoms with van der Waals surface area (Å²) < 4.78 is 4.46. The van der Waals surface area contributed by atoms with E-state index in [9.17, 15) is 14.9 Å². The second kappa shape index (κ2) is 6.37. The summed E-state index contributed by atoms with van der Waals surface area (Å²) in [7, 11) is 1.27. The number of allylic oxidation sites excluding steroid dienone is 1. The van der Waals surface area contributed by atoms with Gasteiger partial charge in [-0.2, -0.15) is 0 Å². The van der Waals surface area contributed by atoms with Gasteiger partial charge in [-0.1, -0.05) is 0 Å². The number of nitro groups is 1. The molecule has 7 heteroatoms. The average molecular weight is 246 g/mol. The zero-order valence-corrected chi connectivity index (χ0v) is 9.84. The molecule has 1 heterocycles. The molecule has 0 spiro atoms. The Morgan fingerprint density at radius 1 is 1.62 bits per heavy atom. The number of methoxy groups -OCH3 is 1. The van der Waals surface area contributed by atoms with E-state index < -0.39 is 10.9 Å². The van der Waals surface area contributed by atoms with Gasteiger partial charge in [0, 0.05) is 12.3 Å². The van der Waals surface area contributed by atoms with Crippen molar-refractivity contribution in [3.05, 3.63) is 20.8 Å². The van der Waals surface area contributed by atoms with Crippen molar-refractivity contribution < 1.29 is 14.5 Å². The molecule has 1 aliphatic heterocycles. The number of esters is 1. The quantitative estimate of drug-likeness (QED) is 0.454. The molecule has 1 N–H and O–H groups in total. The fourth-order valence-electron chi connectivity index (χ4n) is 1.29. The lowest BCUT2D eigenvalue weighted by Crippen LogP contribution is -2.22. The minimum Gasteiger partial charge on any atom is -0.469 e. The first kappa shape index (κ1) is 12.8. The van der Waals surface area contributed by atoms with Crippen molar-refractivity contribution in [2.75, 3.05) is 19.4 Å². The van der Waals surface area contributed by atoms with E-state index in [0.29, 0.717) is 5.03 Å². The lowest BCUT2D eigenvalue weighted by molar-refractivity contribution is -0.428. The number of hydrogen-bond donors (Lipinski definition) is 1. The van der Waals surface area contributed by atoms with Crippen molar-refractivity contribution >= 4 is 17.7 Å². The van der Waals surface area contributed by atoms with E-state index in [1.165, 1.54) is 18.9 Å². The van der Waals surface area contributed by atoms with Crippen LogP contribution in [0.5, 0.6) is 0 Å². The molecule has 0 bridgehead atoms. The van der Waals surface area contributed by atoms with Crippen molar-refractivity contribution in [1.82, 2.24) is 5.32 Å². The maximum absolute atomic E-state index is 10.9. The van der Waals surface area contributed by atoms with Gasteiger partial charge in [-0.15, -0.1) is 11.8 Å². The maximum atomic E-state index is 10.9. The molecule has 0 amide bonds. The van der Waals surface area contributed by atoms with Crippen LogP contribution in [0.25, 0.3) is 0 Å². The maximum Gasteiger partial charge on any atom is 0.306 e. The van der Waals surface area contributed by atoms with Crippen molar-refractivity contribution in [2.45, 2.75) is 19.3 Å². The summed E-state index contributed by atoms with van der Waals surface area (Å²) in [6.45, 7) is 0.748. The largest absolute Gasteiger partial charge is 0.469 e. The second-order valence-electron chi connectivity index (χ2n) is 3.24. The van der Waals surface area contributed by atoms with Crippen LogP contribution in [0, 0.1) is 10.1 Å². The Hall–Kier alpha value is -1.24. The van der Waals surface area contributed by atoms with Crippen LogP contribution in [0.2, 0.25) is 0 Å². The summed E-state index contributed by atoms with van der Waals surface area (Å²) in [5.74, 6) is 0.443. The van der Waals surface area contributed by atoms with E-state index in [-0.39, 0.29) is 18.5 Å². The number of carbonyl (C=O) groups excluding carboxylic acids is 1. The highest BCUT2D eigenvalue weighted by Gasteiger charge is 2.22. The zero-order chi connectivity index (χ0) is 12.0. The molecule has 1 fully saturated rings. The highest BCUT2D eigenvalue weighted by atomic mass is 32.2. The van der Waals surface area contributed by atoms with Gasteiger partial charge >= 0.3 is 5.97 Å². The Morgan fingerprint density at radius 3 is 2.88 bits per heavy atom. The lowest BCUT2D eigenvalue weighted by atomic mass is 10.2. The van der Waals surface area contributed by atoms with Crippen molar-refractivity contribution in [3.8, 4) is 0 Å². The molecule has 0 aromatic rings. The number of ether oxygens (including phenoxy) is 1. The van der Waals surface area contributed by atoms with Crippen molar-refractivity contribution in [2.24, 2.45) is 0 Å². The normalized spacial score (nSPS) is 18.6. The van der Waals surface area contributed by atoms with Crippen LogP contribution in [0.3, 0.4) is 0 Å². The van der Waals surface area contributed by atoms with Gasteiger partial charge in [-0.3, -0.25) is 14.9 Å². The lowest BCUT2D eigenvalue weighted by Gasteiger charge is -2.15. The van der Waals surface area contributed by atoms with Crippen LogP contribution >= 0.6 is 11.8 Å². The Bertz CT molecular complexity index is 309. The average Bonchev–Trinajstić information content (AvgIpc) is 2.30. The molecular formula is C9H14N2O4S. The highest BCUT2D eigenvalue weighted by molar-refractivity contribution is 8.03. The molecule has 6 nitrogen and oxygen atoms in total. The van der Waals surface area contributed by atoms with Crippen LogP contribution in [0.15, 0.2) is 10.7 Å². The Morgan fingerprint density at radius 2 is 2.38 bits per heavy atom. The first-order valence-corrected chi connectivity index (χ1v) is 5.94. The summed E-state index contributed by atoms with van der Waals surface area (Å²) in [6.07, 6.45) is 1.14. The van der Waals surface area contributed by atoms with Gasteiger partial charge in [-0.25, -0.2) is 0 Å². The molecule has 1 rings (SSSR count). The number of hydrogen-bond acceptors (Lipinski definition) is 6. The predicted octanol–water partition coefficient (Wildman–Crippen LogP) is 1.11. The molecule has 16 heavy (non-hydrogen) atoms. The van der Waals surface area contributed by atoms with Gasteiger partial charge < -0.3 is 10.1 Å². The van der Waals surface area contributed by atoms with E-state index in [0.717, 1.165) is 18.7 Å². The van der Waals surface area contributed by atoms with Gasteiger partial charge in [0.05, 0.1) is 24.9 Å². The molecule has 0 saturated carbocycles. The second-order valence-corrected chi connectivity index (χ2v) is 4.34. The third-order valence-electron chi connectivity index (χ3n) is 2.13. The third kappa shape index (κ3) is 3.73. The van der Waals surface area contributed by atoms with Crippen LogP contribution in [0.4, 0.5) is 0 Å². The topological polar surface area (TPSA) is 81.5 Å². The van der Waals surface area contributed by atoms with Crippen LogP contribution in [-0.2, 0) is 9.53 Å². The SMILES string of the molecule is COC(=O)CCC(=C1NCCCS1)[N+](=O)[O-]. The summed E-state index contributed by atoms with van der Waals surface area (Å²) >= 11 is 1.43. The van der Waals surface area contributed by atoms with Gasteiger partial charge in [0.1, 0.15) is 5.03 Å². The standard InChI is InChI=1S/C9H14N2O4S/c1-15-8(12)4-3-7(11(13)14)9-10-5-2-6-16-9/h10H,2-6H2,1H3. The molecule has 0 atom stereocenters. The van der Waals surface area contributed by atoms with Crippen LogP contribution < -0.4 is 5.32 Å². The van der Waals surface area contributed by atoms with Crippen molar-refractivity contribution in [3.63, 3.8) is 0 Å². The van der Waals surface area contributed by atoms with Gasteiger partial charge in [0.2, 0.25) is 0 Å². The highest BCUT2D eigenvalue weighted by Crippen LogP contribution is 2.24. The van der Waals surface area contributed by atoms with Crippen LogP contribution in [0.1, 0.15) is 19.3 Å². The number of thioether (sulfide) groups is 1. The molecule has 90 valence electrons. The van der Waals surface area contributed by atoms with Gasteiger partial charge in [0.15, 0.2) is 0 Å². The molecule has 1 aliphatic rings. The molecule has 0 unspecified atom stereocenters. The van der Waals surface area contributed by atoms with E-state index >= 15 is 0 Å².